The van der Waals surface area contributed by atoms with Crippen LogP contribution >= 0.6 is 15.9 Å². The summed E-state index contributed by atoms with van der Waals surface area (Å²) >= 11 is 3.27. The average Bonchev–Trinajstić information content (AvgIpc) is 2.48. The number of nitrogens with zero attached hydrogens (tertiary/aromatic N) is 2. The Morgan fingerprint density at radius 1 is 1.24 bits per heavy atom. The van der Waals surface area contributed by atoms with Crippen LogP contribution in [0.15, 0.2) is 58.1 Å². The molecule has 2 rings (SSSR count). The second-order valence-corrected chi connectivity index (χ2v) is 4.89. The minimum Gasteiger partial charge on any atom is -0.267 e. The number of carbonyl (C=O) groups excluding carboxylic acids is 1. The smallest absolute Gasteiger partial charge is 0.267 e. The zero-order valence-corrected chi connectivity index (χ0v) is 12.3. The quantitative estimate of drug-likeness (QED) is 0.523. The van der Waals surface area contributed by atoms with Crippen LogP contribution in [0.25, 0.3) is 0 Å². The fourth-order valence-corrected chi connectivity index (χ4v) is 2.05. The molecular formula is C14H10BrN3O3. The first-order chi connectivity index (χ1) is 10.1. The number of non-ortho nitro benzene ring substituents is 1. The maximum absolute atomic E-state index is 11.9. The van der Waals surface area contributed by atoms with Crippen molar-refractivity contribution in [3.63, 3.8) is 0 Å². The van der Waals surface area contributed by atoms with Crippen LogP contribution in [0.3, 0.4) is 0 Å². The van der Waals surface area contributed by atoms with Gasteiger partial charge >= 0.3 is 0 Å². The number of halogens is 1. The Balaban J connectivity index is 2.06. The Morgan fingerprint density at radius 3 is 2.71 bits per heavy atom. The number of hydrogen-bond acceptors (Lipinski definition) is 4. The molecule has 0 aliphatic heterocycles. The first-order valence-electron chi connectivity index (χ1n) is 5.90. The summed E-state index contributed by atoms with van der Waals surface area (Å²) in [5.74, 6) is -0.371. The van der Waals surface area contributed by atoms with Crippen molar-refractivity contribution in [2.24, 2.45) is 5.10 Å². The Hall–Kier alpha value is -2.54. The fraction of sp³-hybridized carbons (Fsp3) is 0. The highest BCUT2D eigenvalue weighted by Crippen LogP contribution is 2.15. The van der Waals surface area contributed by atoms with Crippen molar-refractivity contribution in [2.45, 2.75) is 0 Å². The summed E-state index contributed by atoms with van der Waals surface area (Å²) < 4.78 is 0.660. The van der Waals surface area contributed by atoms with E-state index in [-0.39, 0.29) is 11.6 Å². The Kier molecular flexibility index (Phi) is 4.78. The number of nitro groups is 1. The molecule has 0 aliphatic rings. The van der Waals surface area contributed by atoms with Gasteiger partial charge in [0.1, 0.15) is 0 Å². The molecule has 0 saturated carbocycles. The van der Waals surface area contributed by atoms with Gasteiger partial charge in [-0.05, 0) is 28.1 Å². The molecule has 0 heterocycles. The van der Waals surface area contributed by atoms with Gasteiger partial charge in [0.25, 0.3) is 11.6 Å². The van der Waals surface area contributed by atoms with Gasteiger partial charge in [0, 0.05) is 22.2 Å². The molecule has 0 bridgehead atoms. The normalized spacial score (nSPS) is 10.5. The van der Waals surface area contributed by atoms with Crippen molar-refractivity contribution in [3.05, 3.63) is 74.2 Å². The van der Waals surface area contributed by atoms with Gasteiger partial charge in [-0.3, -0.25) is 14.9 Å². The standard InChI is InChI=1S/C14H10BrN3O3/c15-13-7-2-1-6-12(13)14(19)17-16-9-10-4-3-5-11(8-10)18(20)21/h1-9H,(H,17,19)/b16-9+. The number of benzene rings is 2. The first kappa shape index (κ1) is 14.9. The maximum atomic E-state index is 11.9. The van der Waals surface area contributed by atoms with Crippen LogP contribution in [0.1, 0.15) is 15.9 Å². The molecule has 106 valence electrons. The molecule has 1 amide bonds. The molecule has 0 saturated heterocycles. The van der Waals surface area contributed by atoms with Crippen LogP contribution in [0, 0.1) is 10.1 Å². The highest BCUT2D eigenvalue weighted by molar-refractivity contribution is 9.10. The molecule has 0 unspecified atom stereocenters. The Morgan fingerprint density at radius 2 is 2.00 bits per heavy atom. The Labute approximate surface area is 128 Å². The molecule has 0 atom stereocenters. The van der Waals surface area contributed by atoms with Crippen LogP contribution in [0.4, 0.5) is 5.69 Å². The molecule has 6 nitrogen and oxygen atoms in total. The zero-order chi connectivity index (χ0) is 15.2. The fourth-order valence-electron chi connectivity index (χ4n) is 1.59. The van der Waals surface area contributed by atoms with Gasteiger partial charge in [-0.1, -0.05) is 24.3 Å². The second kappa shape index (κ2) is 6.76. The molecule has 1 N–H and O–H groups in total. The highest BCUT2D eigenvalue weighted by atomic mass is 79.9. The van der Waals surface area contributed by atoms with Crippen molar-refractivity contribution in [2.75, 3.05) is 0 Å². The number of nitrogens with one attached hydrogen (secondary N) is 1. The summed E-state index contributed by atoms with van der Waals surface area (Å²) in [6.07, 6.45) is 1.35. The lowest BCUT2D eigenvalue weighted by atomic mass is 10.2. The summed E-state index contributed by atoms with van der Waals surface area (Å²) in [6, 6.07) is 12.9. The number of hydrogen-bond donors (Lipinski definition) is 1. The van der Waals surface area contributed by atoms with Gasteiger partial charge < -0.3 is 0 Å². The number of amides is 1. The summed E-state index contributed by atoms with van der Waals surface area (Å²) in [4.78, 5) is 22.0. The van der Waals surface area contributed by atoms with Crippen molar-refractivity contribution in [1.29, 1.82) is 0 Å². The van der Waals surface area contributed by atoms with E-state index in [1.165, 1.54) is 18.3 Å². The van der Waals surface area contributed by atoms with Gasteiger partial charge in [0.2, 0.25) is 0 Å². The SMILES string of the molecule is O=C(N/N=C/c1cccc([N+](=O)[O-])c1)c1ccccc1Br. The molecule has 0 aromatic heterocycles. The predicted octanol–water partition coefficient (Wildman–Crippen LogP) is 3.12. The molecule has 21 heavy (non-hydrogen) atoms. The zero-order valence-electron chi connectivity index (χ0n) is 10.7. The van der Waals surface area contributed by atoms with E-state index < -0.39 is 4.92 Å². The lowest BCUT2D eigenvalue weighted by molar-refractivity contribution is -0.384. The molecular weight excluding hydrogens is 338 g/mol. The molecule has 0 fully saturated rings. The van der Waals surface area contributed by atoms with E-state index in [4.69, 9.17) is 0 Å². The maximum Gasteiger partial charge on any atom is 0.272 e. The predicted molar refractivity (Wildman–Crippen MR) is 82.3 cm³/mol. The van der Waals surface area contributed by atoms with Crippen molar-refractivity contribution >= 4 is 33.7 Å². The van der Waals surface area contributed by atoms with E-state index >= 15 is 0 Å². The Bertz CT molecular complexity index is 716. The van der Waals surface area contributed by atoms with Gasteiger partial charge in [-0.2, -0.15) is 5.10 Å². The lowest BCUT2D eigenvalue weighted by Crippen LogP contribution is -2.18. The van der Waals surface area contributed by atoms with Gasteiger partial charge in [-0.25, -0.2) is 5.43 Å². The molecule has 0 spiro atoms. The van der Waals surface area contributed by atoms with Crippen molar-refractivity contribution < 1.29 is 9.72 Å². The third-order valence-corrected chi connectivity index (χ3v) is 3.27. The minimum atomic E-state index is -0.489. The van der Waals surface area contributed by atoms with Crippen LogP contribution in [-0.2, 0) is 0 Å². The molecule has 0 radical (unpaired) electrons. The van der Waals surface area contributed by atoms with E-state index in [0.717, 1.165) is 0 Å². The van der Waals surface area contributed by atoms with E-state index in [9.17, 15) is 14.9 Å². The van der Waals surface area contributed by atoms with Crippen LogP contribution in [-0.4, -0.2) is 17.0 Å². The molecule has 2 aromatic rings. The van der Waals surface area contributed by atoms with Gasteiger partial charge in [-0.15, -0.1) is 0 Å². The van der Waals surface area contributed by atoms with E-state index in [2.05, 4.69) is 26.5 Å². The highest BCUT2D eigenvalue weighted by Gasteiger charge is 2.08. The van der Waals surface area contributed by atoms with E-state index in [1.54, 1.807) is 36.4 Å². The molecule has 2 aromatic carbocycles. The lowest BCUT2D eigenvalue weighted by Gasteiger charge is -2.01. The molecule has 7 heteroatoms. The summed E-state index contributed by atoms with van der Waals surface area (Å²) in [5.41, 5.74) is 3.31. The van der Waals surface area contributed by atoms with Gasteiger partial charge in [0.15, 0.2) is 0 Å². The van der Waals surface area contributed by atoms with Crippen LogP contribution < -0.4 is 5.43 Å². The van der Waals surface area contributed by atoms with Crippen LogP contribution in [0.2, 0.25) is 0 Å². The average molecular weight is 348 g/mol. The van der Waals surface area contributed by atoms with Gasteiger partial charge in [0.05, 0.1) is 16.7 Å². The largest absolute Gasteiger partial charge is 0.272 e. The third-order valence-electron chi connectivity index (χ3n) is 2.58. The third kappa shape index (κ3) is 3.96. The summed E-state index contributed by atoms with van der Waals surface area (Å²) in [5, 5.41) is 14.4. The number of carbonyl (C=O) groups is 1. The van der Waals surface area contributed by atoms with Crippen molar-refractivity contribution in [1.82, 2.24) is 5.43 Å². The minimum absolute atomic E-state index is 0.0314. The van der Waals surface area contributed by atoms with E-state index in [1.807, 2.05) is 0 Å². The monoisotopic (exact) mass is 347 g/mol. The second-order valence-electron chi connectivity index (χ2n) is 4.03. The molecule has 0 aliphatic carbocycles. The van der Waals surface area contributed by atoms with Crippen molar-refractivity contribution in [3.8, 4) is 0 Å². The van der Waals surface area contributed by atoms with E-state index in [0.29, 0.717) is 15.6 Å². The topological polar surface area (TPSA) is 84.6 Å². The first-order valence-corrected chi connectivity index (χ1v) is 6.69. The number of nitro benzene ring substituents is 1. The number of rotatable bonds is 4. The number of hydrazone groups is 1. The summed E-state index contributed by atoms with van der Waals surface area (Å²) in [7, 11) is 0. The summed E-state index contributed by atoms with van der Waals surface area (Å²) in [6.45, 7) is 0. The van der Waals surface area contributed by atoms with Crippen LogP contribution in [0.5, 0.6) is 0 Å².